The van der Waals surface area contributed by atoms with Gasteiger partial charge in [-0.1, -0.05) is 23.7 Å². The number of carbonyl (C=O) groups is 1. The number of nitrogens with zero attached hydrogens (tertiary/aromatic N) is 3. The van der Waals surface area contributed by atoms with Crippen LogP contribution >= 0.6 is 11.6 Å². The van der Waals surface area contributed by atoms with E-state index in [9.17, 15) is 4.79 Å². The molecule has 3 rings (SSSR count). The van der Waals surface area contributed by atoms with Crippen LogP contribution < -0.4 is 16.4 Å². The Morgan fingerprint density at radius 3 is 2.63 bits per heavy atom. The molecule has 2 heterocycles. The number of para-hydroxylation sites is 1. The van der Waals surface area contributed by atoms with Gasteiger partial charge in [-0.2, -0.15) is 5.10 Å². The van der Waals surface area contributed by atoms with Gasteiger partial charge in [-0.05, 0) is 32.9 Å². The minimum absolute atomic E-state index is 0.202. The van der Waals surface area contributed by atoms with Crippen LogP contribution in [0.1, 0.15) is 35.9 Å². The lowest BCUT2D eigenvalue weighted by atomic mass is 10.1. The van der Waals surface area contributed by atoms with Gasteiger partial charge in [0, 0.05) is 18.2 Å². The van der Waals surface area contributed by atoms with Gasteiger partial charge in [0.2, 0.25) is 0 Å². The van der Waals surface area contributed by atoms with E-state index in [1.807, 2.05) is 23.7 Å². The molecule has 3 aromatic rings. The zero-order chi connectivity index (χ0) is 19.6. The van der Waals surface area contributed by atoms with Crippen LogP contribution in [0.5, 0.6) is 0 Å². The molecule has 8 heteroatoms. The van der Waals surface area contributed by atoms with Crippen LogP contribution in [-0.4, -0.2) is 20.7 Å². The predicted molar refractivity (Wildman–Crippen MR) is 108 cm³/mol. The second-order valence-electron chi connectivity index (χ2n) is 6.42. The molecule has 7 nitrogen and oxygen atoms in total. The Kier molecular flexibility index (Phi) is 5.32. The Labute approximate surface area is 162 Å². The zero-order valence-electron chi connectivity index (χ0n) is 15.3. The Morgan fingerprint density at radius 2 is 1.93 bits per heavy atom. The number of hydrogen-bond acceptors (Lipinski definition) is 5. The summed E-state index contributed by atoms with van der Waals surface area (Å²) < 4.78 is 1.89. The van der Waals surface area contributed by atoms with Gasteiger partial charge in [0.05, 0.1) is 33.9 Å². The highest BCUT2D eigenvalue weighted by Crippen LogP contribution is 2.30. The zero-order valence-corrected chi connectivity index (χ0v) is 16.1. The summed E-state index contributed by atoms with van der Waals surface area (Å²) in [6.45, 7) is 6.05. The van der Waals surface area contributed by atoms with Crippen molar-refractivity contribution in [3.63, 3.8) is 0 Å². The average molecular weight is 385 g/mol. The van der Waals surface area contributed by atoms with Crippen molar-refractivity contribution in [1.82, 2.24) is 14.8 Å². The predicted octanol–water partition coefficient (Wildman–Crippen LogP) is 4.41. The maximum atomic E-state index is 11.6. The minimum atomic E-state index is -0.516. The van der Waals surface area contributed by atoms with Crippen molar-refractivity contribution in [1.29, 1.82) is 0 Å². The lowest BCUT2D eigenvalue weighted by Crippen LogP contribution is -2.13. The standard InChI is InChI=1S/C19H21ClN6O/c1-11(2)26-18(8-12(3)25-26)24-17-9-16(14(20)10-22-17)23-15-7-5-4-6-13(15)19(21)27/h4-11H,1-3H3,(H2,21,27)(H2,22,23,24). The van der Waals surface area contributed by atoms with Gasteiger partial charge in [-0.3, -0.25) is 4.79 Å². The summed E-state index contributed by atoms with van der Waals surface area (Å²) in [7, 11) is 0. The number of halogens is 1. The molecule has 0 aliphatic carbocycles. The summed E-state index contributed by atoms with van der Waals surface area (Å²) in [6.07, 6.45) is 1.54. The molecular formula is C19H21ClN6O. The Morgan fingerprint density at radius 1 is 1.19 bits per heavy atom. The quantitative estimate of drug-likeness (QED) is 0.584. The lowest BCUT2D eigenvalue weighted by Gasteiger charge is -2.15. The van der Waals surface area contributed by atoms with Gasteiger partial charge >= 0.3 is 0 Å². The maximum absolute atomic E-state index is 11.6. The molecule has 140 valence electrons. The lowest BCUT2D eigenvalue weighted by molar-refractivity contribution is 0.100. The third-order valence-corrected chi connectivity index (χ3v) is 4.22. The van der Waals surface area contributed by atoms with Crippen molar-refractivity contribution in [2.24, 2.45) is 5.73 Å². The van der Waals surface area contributed by atoms with Crippen molar-refractivity contribution in [3.05, 3.63) is 58.9 Å². The first kappa shape index (κ1) is 18.7. The number of nitrogens with one attached hydrogen (secondary N) is 2. The summed E-state index contributed by atoms with van der Waals surface area (Å²) in [4.78, 5) is 16.0. The average Bonchev–Trinajstić information content (AvgIpc) is 2.99. The molecule has 0 bridgehead atoms. The van der Waals surface area contributed by atoms with E-state index in [2.05, 4.69) is 34.6 Å². The molecule has 0 fully saturated rings. The van der Waals surface area contributed by atoms with Crippen LogP contribution in [0.15, 0.2) is 42.6 Å². The molecule has 4 N–H and O–H groups in total. The van der Waals surface area contributed by atoms with Crippen molar-refractivity contribution < 1.29 is 4.79 Å². The SMILES string of the molecule is Cc1cc(Nc2cc(Nc3ccccc3C(N)=O)c(Cl)cn2)n(C(C)C)n1. The van der Waals surface area contributed by atoms with E-state index in [4.69, 9.17) is 17.3 Å². The van der Waals surface area contributed by atoms with Crippen molar-refractivity contribution in [2.75, 3.05) is 10.6 Å². The first-order valence-corrected chi connectivity index (χ1v) is 8.87. The third kappa shape index (κ3) is 4.20. The number of aryl methyl sites for hydroxylation is 1. The van der Waals surface area contributed by atoms with Crippen LogP contribution in [0.3, 0.4) is 0 Å². The summed E-state index contributed by atoms with van der Waals surface area (Å²) in [5.74, 6) is 0.916. The van der Waals surface area contributed by atoms with Gasteiger partial charge in [0.15, 0.2) is 0 Å². The van der Waals surface area contributed by atoms with E-state index in [-0.39, 0.29) is 6.04 Å². The molecule has 1 aromatic carbocycles. The first-order valence-electron chi connectivity index (χ1n) is 8.49. The van der Waals surface area contributed by atoms with Crippen molar-refractivity contribution in [2.45, 2.75) is 26.8 Å². The van der Waals surface area contributed by atoms with Gasteiger partial charge in [0.25, 0.3) is 5.91 Å². The minimum Gasteiger partial charge on any atom is -0.366 e. The van der Waals surface area contributed by atoms with Crippen molar-refractivity contribution >= 4 is 40.5 Å². The largest absolute Gasteiger partial charge is 0.366 e. The summed E-state index contributed by atoms with van der Waals surface area (Å²) >= 11 is 6.28. The Hall–Kier alpha value is -3.06. The second-order valence-corrected chi connectivity index (χ2v) is 6.83. The molecular weight excluding hydrogens is 364 g/mol. The Balaban J connectivity index is 1.91. The number of anilines is 4. The van der Waals surface area contributed by atoms with Gasteiger partial charge < -0.3 is 16.4 Å². The van der Waals surface area contributed by atoms with Crippen LogP contribution in [-0.2, 0) is 0 Å². The van der Waals surface area contributed by atoms with E-state index in [0.29, 0.717) is 27.8 Å². The number of benzene rings is 1. The topological polar surface area (TPSA) is 97.9 Å². The molecule has 0 spiro atoms. The van der Waals surface area contributed by atoms with Crippen LogP contribution in [0.4, 0.5) is 23.0 Å². The van der Waals surface area contributed by atoms with Crippen LogP contribution in [0.2, 0.25) is 5.02 Å². The first-order chi connectivity index (χ1) is 12.8. The normalized spacial score (nSPS) is 10.9. The fourth-order valence-electron chi connectivity index (χ4n) is 2.69. The van der Waals surface area contributed by atoms with E-state index >= 15 is 0 Å². The number of primary amides is 1. The van der Waals surface area contributed by atoms with E-state index in [0.717, 1.165) is 11.5 Å². The molecule has 0 saturated heterocycles. The molecule has 2 aromatic heterocycles. The van der Waals surface area contributed by atoms with E-state index < -0.39 is 5.91 Å². The van der Waals surface area contributed by atoms with Crippen molar-refractivity contribution in [3.8, 4) is 0 Å². The number of nitrogens with two attached hydrogens (primary N) is 1. The molecule has 27 heavy (non-hydrogen) atoms. The van der Waals surface area contributed by atoms with Crippen LogP contribution in [0, 0.1) is 6.92 Å². The Bertz CT molecular complexity index is 982. The van der Waals surface area contributed by atoms with E-state index in [1.165, 1.54) is 0 Å². The number of amides is 1. The summed E-state index contributed by atoms with van der Waals surface area (Å²) in [6, 6.07) is 10.9. The summed E-state index contributed by atoms with van der Waals surface area (Å²) in [5.41, 5.74) is 7.92. The monoisotopic (exact) mass is 384 g/mol. The number of hydrogen-bond donors (Lipinski definition) is 3. The molecule has 0 unspecified atom stereocenters. The number of pyridine rings is 1. The van der Waals surface area contributed by atoms with Gasteiger partial charge in [0.1, 0.15) is 11.6 Å². The van der Waals surface area contributed by atoms with Gasteiger partial charge in [-0.15, -0.1) is 0 Å². The fraction of sp³-hybridized carbons (Fsp3) is 0.211. The molecule has 0 saturated carbocycles. The molecule has 0 aliphatic heterocycles. The highest BCUT2D eigenvalue weighted by molar-refractivity contribution is 6.33. The van der Waals surface area contributed by atoms with Crippen LogP contribution in [0.25, 0.3) is 0 Å². The maximum Gasteiger partial charge on any atom is 0.250 e. The van der Waals surface area contributed by atoms with Gasteiger partial charge in [-0.25, -0.2) is 9.67 Å². The molecule has 0 radical (unpaired) electrons. The highest BCUT2D eigenvalue weighted by atomic mass is 35.5. The second kappa shape index (κ2) is 7.67. The fourth-order valence-corrected chi connectivity index (χ4v) is 2.84. The van der Waals surface area contributed by atoms with E-state index in [1.54, 1.807) is 30.5 Å². The summed E-state index contributed by atoms with van der Waals surface area (Å²) in [5, 5.41) is 11.3. The number of carbonyl (C=O) groups excluding carboxylic acids is 1. The third-order valence-electron chi connectivity index (χ3n) is 3.92. The number of rotatable bonds is 6. The molecule has 0 atom stereocenters. The molecule has 1 amide bonds. The smallest absolute Gasteiger partial charge is 0.250 e. The highest BCUT2D eigenvalue weighted by Gasteiger charge is 2.12. The number of aromatic nitrogens is 3. The molecule has 0 aliphatic rings.